The maximum Gasteiger partial charge on any atom is 0.416 e. The maximum atomic E-state index is 12.1. The zero-order chi connectivity index (χ0) is 16.6. The summed E-state index contributed by atoms with van der Waals surface area (Å²) in [5.41, 5.74) is 2.30. The monoisotopic (exact) mass is 306 g/mol. The molecular weight excluding hydrogens is 285 g/mol. The van der Waals surface area contributed by atoms with Crippen molar-refractivity contribution < 1.29 is 13.2 Å². The minimum Gasteiger partial charge on any atom is -0.166 e. The molecule has 22 heavy (non-hydrogen) atoms. The molecule has 2 rings (SSSR count). The predicted octanol–water partition coefficient (Wildman–Crippen LogP) is 6.38. The Morgan fingerprint density at radius 3 is 1.91 bits per heavy atom. The molecule has 0 saturated heterocycles. The maximum absolute atomic E-state index is 12.1. The molecule has 0 saturated carbocycles. The third-order valence-electron chi connectivity index (χ3n) is 3.09. The second-order valence-electron chi connectivity index (χ2n) is 5.09. The second-order valence-corrected chi connectivity index (χ2v) is 5.09. The Kier molecular flexibility index (Phi) is 6.90. The summed E-state index contributed by atoms with van der Waals surface area (Å²) >= 11 is 0. The molecule has 0 radical (unpaired) electrons. The van der Waals surface area contributed by atoms with Gasteiger partial charge in [-0.3, -0.25) is 0 Å². The number of rotatable bonds is 3. The molecule has 0 heterocycles. The number of allylic oxidation sites excluding steroid dienone is 1. The lowest BCUT2D eigenvalue weighted by Gasteiger charge is -2.06. The van der Waals surface area contributed by atoms with Crippen molar-refractivity contribution in [3.05, 3.63) is 77.9 Å². The van der Waals surface area contributed by atoms with Crippen LogP contribution in [0.25, 0.3) is 5.57 Å². The van der Waals surface area contributed by atoms with Gasteiger partial charge in [0.1, 0.15) is 0 Å². The van der Waals surface area contributed by atoms with Gasteiger partial charge < -0.3 is 0 Å². The van der Waals surface area contributed by atoms with Gasteiger partial charge in [0, 0.05) is 0 Å². The summed E-state index contributed by atoms with van der Waals surface area (Å²) in [5.74, 6) is 0. The molecule has 0 bridgehead atoms. The number of halogens is 3. The molecule has 0 nitrogen and oxygen atoms in total. The van der Waals surface area contributed by atoms with Crippen LogP contribution in [-0.4, -0.2) is 0 Å². The Balaban J connectivity index is 0.000000235. The van der Waals surface area contributed by atoms with E-state index in [2.05, 4.69) is 43.8 Å². The van der Waals surface area contributed by atoms with Crippen molar-refractivity contribution in [2.45, 2.75) is 32.9 Å². The summed E-state index contributed by atoms with van der Waals surface area (Å²) in [6.45, 7) is 7.59. The van der Waals surface area contributed by atoms with Gasteiger partial charge in [-0.2, -0.15) is 13.2 Å². The van der Waals surface area contributed by atoms with Gasteiger partial charge in [0.2, 0.25) is 0 Å². The largest absolute Gasteiger partial charge is 0.416 e. The molecule has 0 fully saturated rings. The Morgan fingerprint density at radius 2 is 1.50 bits per heavy atom. The van der Waals surface area contributed by atoms with Crippen molar-refractivity contribution >= 4 is 5.57 Å². The summed E-state index contributed by atoms with van der Waals surface area (Å²) in [6.07, 6.45) is -1.81. The zero-order valence-corrected chi connectivity index (χ0v) is 13.0. The smallest absolute Gasteiger partial charge is 0.166 e. The van der Waals surface area contributed by atoms with Crippen LogP contribution in [0.15, 0.2) is 61.2 Å². The van der Waals surface area contributed by atoms with Gasteiger partial charge in [0.25, 0.3) is 0 Å². The van der Waals surface area contributed by atoms with Gasteiger partial charge in [-0.05, 0) is 36.6 Å². The molecule has 0 aliphatic carbocycles. The number of hydrogen-bond donors (Lipinski definition) is 0. The van der Waals surface area contributed by atoms with E-state index in [1.165, 1.54) is 30.5 Å². The Hall–Kier alpha value is -2.03. The highest BCUT2D eigenvalue weighted by molar-refractivity contribution is 5.61. The average molecular weight is 306 g/mol. The van der Waals surface area contributed by atoms with Gasteiger partial charge in [0.15, 0.2) is 0 Å². The second kappa shape index (κ2) is 8.42. The molecule has 0 spiro atoms. The van der Waals surface area contributed by atoms with E-state index in [0.29, 0.717) is 0 Å². The summed E-state index contributed by atoms with van der Waals surface area (Å²) in [7, 11) is 0. The molecule has 0 aliphatic rings. The van der Waals surface area contributed by atoms with Crippen LogP contribution in [0.3, 0.4) is 0 Å². The summed E-state index contributed by atoms with van der Waals surface area (Å²) in [6, 6.07) is 15.5. The van der Waals surface area contributed by atoms with Gasteiger partial charge in [-0.15, -0.1) is 0 Å². The van der Waals surface area contributed by atoms with Crippen molar-refractivity contribution in [1.82, 2.24) is 0 Å². The van der Waals surface area contributed by atoms with Crippen LogP contribution in [0.1, 0.15) is 37.0 Å². The van der Waals surface area contributed by atoms with Crippen molar-refractivity contribution in [1.29, 1.82) is 0 Å². The van der Waals surface area contributed by atoms with Crippen LogP contribution in [0.2, 0.25) is 0 Å². The number of benzene rings is 2. The summed E-state index contributed by atoms with van der Waals surface area (Å²) < 4.78 is 36.3. The molecule has 0 amide bonds. The fourth-order valence-electron chi connectivity index (χ4n) is 1.88. The van der Waals surface area contributed by atoms with E-state index in [1.54, 1.807) is 6.92 Å². The van der Waals surface area contributed by atoms with Crippen molar-refractivity contribution in [3.63, 3.8) is 0 Å². The van der Waals surface area contributed by atoms with Gasteiger partial charge in [0.05, 0.1) is 5.56 Å². The minimum absolute atomic E-state index is 0.627. The molecular formula is C19H21F3. The molecule has 2 aromatic rings. The van der Waals surface area contributed by atoms with E-state index in [1.807, 2.05) is 0 Å². The van der Waals surface area contributed by atoms with Gasteiger partial charge in [-0.1, -0.05) is 68.0 Å². The molecule has 0 N–H and O–H groups in total. The number of aryl methyl sites for hydroxylation is 1. The summed E-state index contributed by atoms with van der Waals surface area (Å²) in [5, 5.41) is 0. The predicted molar refractivity (Wildman–Crippen MR) is 86.6 cm³/mol. The lowest BCUT2D eigenvalue weighted by Crippen LogP contribution is -2.04. The number of hydrogen-bond acceptors (Lipinski definition) is 0. The third kappa shape index (κ3) is 6.17. The standard InChI is InChI=1S/C10H9F3.C9H12/c1-7(2)8-3-5-9(6-4-8)10(11,12)13;1-2-6-9-7-4-3-5-8-9/h3-6H,1H2,2H3;3-5,7-8H,2,6H2,1H3. The topological polar surface area (TPSA) is 0 Å². The average Bonchev–Trinajstić information content (AvgIpc) is 2.48. The van der Waals surface area contributed by atoms with Crippen LogP contribution in [0.4, 0.5) is 13.2 Å². The van der Waals surface area contributed by atoms with Gasteiger partial charge >= 0.3 is 6.18 Å². The SMILES string of the molecule is C=C(C)c1ccc(C(F)(F)F)cc1.CCCc1ccccc1. The van der Waals surface area contributed by atoms with Crippen molar-refractivity contribution in [2.75, 3.05) is 0 Å². The molecule has 2 aromatic carbocycles. The van der Waals surface area contributed by atoms with E-state index >= 15 is 0 Å². The summed E-state index contributed by atoms with van der Waals surface area (Å²) in [4.78, 5) is 0. The quantitative estimate of drug-likeness (QED) is 0.617. The fourth-order valence-corrected chi connectivity index (χ4v) is 1.88. The first-order valence-corrected chi connectivity index (χ1v) is 7.21. The first-order valence-electron chi connectivity index (χ1n) is 7.21. The molecule has 0 atom stereocenters. The van der Waals surface area contributed by atoms with Crippen molar-refractivity contribution in [3.8, 4) is 0 Å². The van der Waals surface area contributed by atoms with Gasteiger partial charge in [-0.25, -0.2) is 0 Å². The van der Waals surface area contributed by atoms with E-state index in [4.69, 9.17) is 0 Å². The first kappa shape index (κ1) is 18.0. The lowest BCUT2D eigenvalue weighted by atomic mass is 10.1. The van der Waals surface area contributed by atoms with Crippen LogP contribution in [0, 0.1) is 0 Å². The van der Waals surface area contributed by atoms with E-state index < -0.39 is 11.7 Å². The molecule has 0 unspecified atom stereocenters. The first-order chi connectivity index (χ1) is 10.3. The highest BCUT2D eigenvalue weighted by atomic mass is 19.4. The lowest BCUT2D eigenvalue weighted by molar-refractivity contribution is -0.137. The van der Waals surface area contributed by atoms with E-state index in [-0.39, 0.29) is 0 Å². The van der Waals surface area contributed by atoms with Crippen molar-refractivity contribution in [2.24, 2.45) is 0 Å². The Morgan fingerprint density at radius 1 is 0.955 bits per heavy atom. The van der Waals surface area contributed by atoms with E-state index in [0.717, 1.165) is 23.3 Å². The highest BCUT2D eigenvalue weighted by Gasteiger charge is 2.29. The Bertz CT molecular complexity index is 566. The Labute approximate surface area is 130 Å². The van der Waals surface area contributed by atoms with Crippen LogP contribution >= 0.6 is 0 Å². The highest BCUT2D eigenvalue weighted by Crippen LogP contribution is 2.29. The fraction of sp³-hybridized carbons (Fsp3) is 0.263. The molecule has 0 aromatic heterocycles. The van der Waals surface area contributed by atoms with E-state index in [9.17, 15) is 13.2 Å². The third-order valence-corrected chi connectivity index (χ3v) is 3.09. The van der Waals surface area contributed by atoms with Crippen LogP contribution in [-0.2, 0) is 12.6 Å². The number of alkyl halides is 3. The normalized spacial score (nSPS) is 10.6. The zero-order valence-electron chi connectivity index (χ0n) is 13.0. The minimum atomic E-state index is -4.26. The van der Waals surface area contributed by atoms with Crippen LogP contribution < -0.4 is 0 Å². The van der Waals surface area contributed by atoms with Crippen LogP contribution in [0.5, 0.6) is 0 Å². The molecule has 0 aliphatic heterocycles. The molecule has 118 valence electrons. The molecule has 3 heteroatoms.